The lowest BCUT2D eigenvalue weighted by molar-refractivity contribution is -0.227. The molecule has 0 saturated carbocycles. The van der Waals surface area contributed by atoms with Crippen molar-refractivity contribution in [2.45, 2.75) is 31.9 Å². The minimum absolute atomic E-state index is 0.0632. The fourth-order valence-electron chi connectivity index (χ4n) is 2.77. The fourth-order valence-corrected chi connectivity index (χ4v) is 2.77. The largest absolute Gasteiger partial charge is 0.481 e. The summed E-state index contributed by atoms with van der Waals surface area (Å²) in [5.41, 5.74) is -2.81. The molecule has 1 N–H and O–H groups in total. The molecule has 0 bridgehead atoms. The van der Waals surface area contributed by atoms with Crippen molar-refractivity contribution in [3.05, 3.63) is 12.2 Å². The highest BCUT2D eigenvalue weighted by Gasteiger charge is 2.64. The first-order chi connectivity index (χ1) is 9.26. The van der Waals surface area contributed by atoms with E-state index in [2.05, 4.69) is 0 Å². The van der Waals surface area contributed by atoms with Crippen LogP contribution in [0.5, 0.6) is 0 Å². The van der Waals surface area contributed by atoms with Gasteiger partial charge >= 0.3 is 12.1 Å². The predicted octanol–water partition coefficient (Wildman–Crippen LogP) is 2.21. The number of likely N-dealkylation sites (tertiary alicyclic amines) is 1. The minimum atomic E-state index is -4.85. The van der Waals surface area contributed by atoms with E-state index >= 15 is 0 Å². The monoisotopic (exact) mass is 291 g/mol. The van der Waals surface area contributed by atoms with E-state index in [0.29, 0.717) is 0 Å². The van der Waals surface area contributed by atoms with Crippen LogP contribution in [0.15, 0.2) is 12.2 Å². The molecule has 2 rings (SSSR count). The third kappa shape index (κ3) is 2.53. The maximum absolute atomic E-state index is 13.0. The molecule has 4 nitrogen and oxygen atoms in total. The van der Waals surface area contributed by atoms with Crippen LogP contribution in [0.2, 0.25) is 0 Å². The zero-order valence-corrected chi connectivity index (χ0v) is 10.8. The molecule has 2 aliphatic rings. The summed E-state index contributed by atoms with van der Waals surface area (Å²) in [6.45, 7) is -0.928. The molecule has 0 radical (unpaired) electrons. The van der Waals surface area contributed by atoms with Gasteiger partial charge in [-0.3, -0.25) is 9.59 Å². The number of allylic oxidation sites excluding steroid dienone is 2. The smallest absolute Gasteiger partial charge is 0.406 e. The second-order valence-corrected chi connectivity index (χ2v) is 5.42. The Hall–Kier alpha value is -1.53. The summed E-state index contributed by atoms with van der Waals surface area (Å²) < 4.78 is 38.9. The van der Waals surface area contributed by atoms with Gasteiger partial charge in [0.25, 0.3) is 0 Å². The Bertz CT molecular complexity index is 447. The summed E-state index contributed by atoms with van der Waals surface area (Å²) in [6.07, 6.45) is 0.271. The normalized spacial score (nSPS) is 29.9. The third-order valence-corrected chi connectivity index (χ3v) is 4.12. The van der Waals surface area contributed by atoms with Crippen molar-refractivity contribution < 1.29 is 27.9 Å². The van der Waals surface area contributed by atoms with Gasteiger partial charge in [0.2, 0.25) is 5.91 Å². The number of amides is 1. The lowest BCUT2D eigenvalue weighted by atomic mass is 9.86. The molecule has 1 fully saturated rings. The summed E-state index contributed by atoms with van der Waals surface area (Å²) in [5.74, 6) is -2.23. The van der Waals surface area contributed by atoms with E-state index in [1.165, 1.54) is 0 Å². The molecule has 1 aliphatic carbocycles. The average molecular weight is 291 g/mol. The van der Waals surface area contributed by atoms with Gasteiger partial charge in [-0.25, -0.2) is 0 Å². The molecule has 0 aromatic carbocycles. The van der Waals surface area contributed by atoms with Crippen LogP contribution in [-0.4, -0.2) is 41.1 Å². The summed E-state index contributed by atoms with van der Waals surface area (Å²) in [5, 5.41) is 8.91. The molecule has 0 aromatic rings. The average Bonchev–Trinajstić information content (AvgIpc) is 2.96. The Morgan fingerprint density at radius 3 is 2.55 bits per heavy atom. The maximum atomic E-state index is 13.0. The summed E-state index contributed by atoms with van der Waals surface area (Å²) in [4.78, 5) is 24.0. The maximum Gasteiger partial charge on any atom is 0.406 e. The molecule has 0 aromatic heterocycles. The van der Waals surface area contributed by atoms with Crippen LogP contribution in [0.3, 0.4) is 0 Å². The lowest BCUT2D eigenvalue weighted by Crippen LogP contribution is -2.47. The van der Waals surface area contributed by atoms with Crippen molar-refractivity contribution in [2.75, 3.05) is 13.1 Å². The summed E-state index contributed by atoms with van der Waals surface area (Å²) in [6, 6.07) is 0. The van der Waals surface area contributed by atoms with Gasteiger partial charge in [0.1, 0.15) is 0 Å². The highest BCUT2D eigenvalue weighted by Crippen LogP contribution is 2.46. The fraction of sp³-hybridized carbons (Fsp3) is 0.692. The number of alkyl halides is 3. The number of hydrogen-bond donors (Lipinski definition) is 1. The Kier molecular flexibility index (Phi) is 3.80. The number of carboxylic acids is 1. The Morgan fingerprint density at radius 2 is 2.10 bits per heavy atom. The molecule has 2 atom stereocenters. The molecule has 1 amide bonds. The van der Waals surface area contributed by atoms with E-state index in [9.17, 15) is 22.8 Å². The lowest BCUT2D eigenvalue weighted by Gasteiger charge is -2.27. The standard InChI is InChI=1S/C13H16F3NO3/c14-13(15,16)12(11(19)20)5-6-17(8-12)10(18)7-9-3-1-2-4-9/h1,3,9H,2,4-8H2,(H,19,20). The van der Waals surface area contributed by atoms with Crippen LogP contribution in [0, 0.1) is 11.3 Å². The van der Waals surface area contributed by atoms with Gasteiger partial charge in [-0.2, -0.15) is 13.2 Å². The Balaban J connectivity index is 2.04. The summed E-state index contributed by atoms with van der Waals surface area (Å²) >= 11 is 0. The van der Waals surface area contributed by atoms with Gasteiger partial charge in [0.15, 0.2) is 5.41 Å². The number of nitrogens with zero attached hydrogens (tertiary/aromatic N) is 1. The second kappa shape index (κ2) is 5.10. The minimum Gasteiger partial charge on any atom is -0.481 e. The zero-order valence-electron chi connectivity index (χ0n) is 10.8. The molecule has 1 aliphatic heterocycles. The van der Waals surface area contributed by atoms with Crippen LogP contribution >= 0.6 is 0 Å². The van der Waals surface area contributed by atoms with Crippen LogP contribution < -0.4 is 0 Å². The van der Waals surface area contributed by atoms with Crippen LogP contribution in [0.1, 0.15) is 25.7 Å². The molecule has 0 spiro atoms. The Labute approximate surface area is 114 Å². The number of halogens is 3. The van der Waals surface area contributed by atoms with Crippen LogP contribution in [-0.2, 0) is 9.59 Å². The van der Waals surface area contributed by atoms with Crippen molar-refractivity contribution >= 4 is 11.9 Å². The first-order valence-corrected chi connectivity index (χ1v) is 6.51. The molecular formula is C13H16F3NO3. The van der Waals surface area contributed by atoms with E-state index in [0.717, 1.165) is 17.7 Å². The van der Waals surface area contributed by atoms with E-state index in [1.54, 1.807) is 0 Å². The Morgan fingerprint density at radius 1 is 1.40 bits per heavy atom. The van der Waals surface area contributed by atoms with Gasteiger partial charge in [-0.15, -0.1) is 0 Å². The number of hydrogen-bond acceptors (Lipinski definition) is 2. The molecular weight excluding hydrogens is 275 g/mol. The predicted molar refractivity (Wildman–Crippen MR) is 63.8 cm³/mol. The van der Waals surface area contributed by atoms with E-state index < -0.39 is 36.4 Å². The van der Waals surface area contributed by atoms with Gasteiger partial charge in [0, 0.05) is 19.5 Å². The van der Waals surface area contributed by atoms with E-state index in [-0.39, 0.29) is 18.9 Å². The first-order valence-electron chi connectivity index (χ1n) is 6.51. The third-order valence-electron chi connectivity index (χ3n) is 4.12. The number of aliphatic carboxylic acids is 1. The highest BCUT2D eigenvalue weighted by atomic mass is 19.4. The molecule has 112 valence electrons. The van der Waals surface area contributed by atoms with Crippen LogP contribution in [0.4, 0.5) is 13.2 Å². The van der Waals surface area contributed by atoms with Gasteiger partial charge in [-0.05, 0) is 25.2 Å². The molecule has 2 unspecified atom stereocenters. The summed E-state index contributed by atoms with van der Waals surface area (Å²) in [7, 11) is 0. The van der Waals surface area contributed by atoms with Crippen molar-refractivity contribution in [1.29, 1.82) is 0 Å². The van der Waals surface area contributed by atoms with Crippen molar-refractivity contribution in [2.24, 2.45) is 11.3 Å². The quantitative estimate of drug-likeness (QED) is 0.811. The van der Waals surface area contributed by atoms with Crippen molar-refractivity contribution in [3.8, 4) is 0 Å². The molecule has 1 saturated heterocycles. The number of carboxylic acid groups (broad SMARTS) is 1. The highest BCUT2D eigenvalue weighted by molar-refractivity contribution is 5.81. The zero-order chi connectivity index (χ0) is 15.0. The molecule has 20 heavy (non-hydrogen) atoms. The molecule has 1 heterocycles. The van der Waals surface area contributed by atoms with Gasteiger partial charge < -0.3 is 10.0 Å². The van der Waals surface area contributed by atoms with Crippen molar-refractivity contribution in [1.82, 2.24) is 4.90 Å². The van der Waals surface area contributed by atoms with Crippen molar-refractivity contribution in [3.63, 3.8) is 0 Å². The van der Waals surface area contributed by atoms with Gasteiger partial charge in [-0.1, -0.05) is 12.2 Å². The first kappa shape index (κ1) is 14.9. The van der Waals surface area contributed by atoms with Crippen LogP contribution in [0.25, 0.3) is 0 Å². The topological polar surface area (TPSA) is 57.6 Å². The molecule has 7 heteroatoms. The van der Waals surface area contributed by atoms with Gasteiger partial charge in [0.05, 0.1) is 0 Å². The number of carbonyl (C=O) groups is 2. The number of carbonyl (C=O) groups excluding carboxylic acids is 1. The van der Waals surface area contributed by atoms with E-state index in [4.69, 9.17) is 5.11 Å². The number of rotatable bonds is 3. The SMILES string of the molecule is O=C(CC1C=CCC1)N1CCC(C(=O)O)(C(F)(F)F)C1. The van der Waals surface area contributed by atoms with E-state index in [1.807, 2.05) is 12.2 Å². The second-order valence-electron chi connectivity index (χ2n) is 5.42.